The fourth-order valence-corrected chi connectivity index (χ4v) is 4.99. The van der Waals surface area contributed by atoms with Crippen LogP contribution >= 0.6 is 11.3 Å². The minimum Gasteiger partial charge on any atom is -0.365 e. The maximum absolute atomic E-state index is 12.5. The molecule has 2 heterocycles. The Hall–Kier alpha value is -2.19. The van der Waals surface area contributed by atoms with Crippen LogP contribution in [0.15, 0.2) is 6.20 Å². The SMILES string of the molecule is Cc1c(CN(C)CC(=O)Nc2sc3c(c2C(N)=O)CC[C@H](C)C3)cnn1C. The number of rotatable bonds is 6. The van der Waals surface area contributed by atoms with E-state index in [-0.39, 0.29) is 12.5 Å². The van der Waals surface area contributed by atoms with E-state index in [0.717, 1.165) is 36.1 Å². The van der Waals surface area contributed by atoms with Crippen LogP contribution in [0.1, 0.15) is 45.4 Å². The van der Waals surface area contributed by atoms with E-state index in [4.69, 9.17) is 5.73 Å². The molecule has 2 amide bonds. The molecule has 0 radical (unpaired) electrons. The van der Waals surface area contributed by atoms with Crippen molar-refractivity contribution in [2.45, 2.75) is 39.7 Å². The van der Waals surface area contributed by atoms with E-state index in [0.29, 0.717) is 23.0 Å². The lowest BCUT2D eigenvalue weighted by Crippen LogP contribution is -2.30. The van der Waals surface area contributed by atoms with Gasteiger partial charge in [-0.25, -0.2) is 0 Å². The Kier molecular flexibility index (Phi) is 5.67. The number of primary amides is 1. The lowest BCUT2D eigenvalue weighted by Gasteiger charge is -2.18. The monoisotopic (exact) mass is 389 g/mol. The summed E-state index contributed by atoms with van der Waals surface area (Å²) in [7, 11) is 3.79. The van der Waals surface area contributed by atoms with E-state index < -0.39 is 5.91 Å². The first kappa shape index (κ1) is 19.6. The number of hydrogen-bond acceptors (Lipinski definition) is 5. The minimum absolute atomic E-state index is 0.145. The van der Waals surface area contributed by atoms with Crippen LogP contribution in [0.5, 0.6) is 0 Å². The zero-order chi connectivity index (χ0) is 19.7. The molecule has 0 aromatic carbocycles. The lowest BCUT2D eigenvalue weighted by molar-refractivity contribution is -0.117. The number of nitrogens with two attached hydrogens (primary N) is 1. The summed E-state index contributed by atoms with van der Waals surface area (Å²) in [5, 5.41) is 7.74. The van der Waals surface area contributed by atoms with Gasteiger partial charge in [0, 0.05) is 29.7 Å². The van der Waals surface area contributed by atoms with E-state index in [1.807, 2.05) is 36.8 Å². The van der Waals surface area contributed by atoms with Gasteiger partial charge in [0.2, 0.25) is 5.91 Å². The van der Waals surface area contributed by atoms with Crippen LogP contribution in [0.25, 0.3) is 0 Å². The van der Waals surface area contributed by atoms with E-state index in [2.05, 4.69) is 17.3 Å². The maximum Gasteiger partial charge on any atom is 0.251 e. The summed E-state index contributed by atoms with van der Waals surface area (Å²) in [6.07, 6.45) is 4.66. The lowest BCUT2D eigenvalue weighted by atomic mass is 9.88. The van der Waals surface area contributed by atoms with Crippen molar-refractivity contribution in [2.75, 3.05) is 18.9 Å². The van der Waals surface area contributed by atoms with Crippen molar-refractivity contribution in [1.29, 1.82) is 0 Å². The van der Waals surface area contributed by atoms with E-state index in [1.54, 1.807) is 0 Å². The second-order valence-electron chi connectivity index (χ2n) is 7.52. The van der Waals surface area contributed by atoms with Gasteiger partial charge < -0.3 is 11.1 Å². The molecule has 0 saturated heterocycles. The van der Waals surface area contributed by atoms with Crippen LogP contribution in [0.2, 0.25) is 0 Å². The summed E-state index contributed by atoms with van der Waals surface area (Å²) in [6.45, 7) is 5.08. The molecule has 1 atom stereocenters. The van der Waals surface area contributed by atoms with Gasteiger partial charge in [-0.15, -0.1) is 11.3 Å². The molecule has 0 fully saturated rings. The molecule has 0 bridgehead atoms. The number of hydrogen-bond donors (Lipinski definition) is 2. The van der Waals surface area contributed by atoms with Crippen molar-refractivity contribution in [3.05, 3.63) is 33.5 Å². The van der Waals surface area contributed by atoms with Crippen LogP contribution in [0.3, 0.4) is 0 Å². The largest absolute Gasteiger partial charge is 0.365 e. The smallest absolute Gasteiger partial charge is 0.251 e. The molecule has 2 aromatic heterocycles. The molecule has 3 rings (SSSR count). The van der Waals surface area contributed by atoms with Gasteiger partial charge in [-0.1, -0.05) is 6.92 Å². The third-order valence-electron chi connectivity index (χ3n) is 5.20. The molecule has 3 N–H and O–H groups in total. The standard InChI is InChI=1S/C19H27N5O2S/c1-11-5-6-14-15(7-11)27-19(17(14)18(20)26)22-16(25)10-23(3)9-13-8-21-24(4)12(13)2/h8,11H,5-7,9-10H2,1-4H3,(H2,20,26)(H,22,25)/t11-/m0/s1. The Labute approximate surface area is 163 Å². The summed E-state index contributed by atoms with van der Waals surface area (Å²) in [5.41, 5.74) is 9.31. The highest BCUT2D eigenvalue weighted by Crippen LogP contribution is 2.39. The van der Waals surface area contributed by atoms with Crippen LogP contribution in [0.4, 0.5) is 5.00 Å². The molecular formula is C19H27N5O2S. The quantitative estimate of drug-likeness (QED) is 0.791. The van der Waals surface area contributed by atoms with Gasteiger partial charge in [0.25, 0.3) is 5.91 Å². The number of aromatic nitrogens is 2. The molecule has 0 aliphatic heterocycles. The van der Waals surface area contributed by atoms with E-state index in [1.165, 1.54) is 16.2 Å². The number of anilines is 1. The Bertz CT molecular complexity index is 870. The third-order valence-corrected chi connectivity index (χ3v) is 6.37. The zero-order valence-corrected chi connectivity index (χ0v) is 17.2. The van der Waals surface area contributed by atoms with Gasteiger partial charge in [-0.05, 0) is 44.7 Å². The third kappa shape index (κ3) is 4.22. The van der Waals surface area contributed by atoms with Gasteiger partial charge in [0.15, 0.2) is 0 Å². The van der Waals surface area contributed by atoms with Crippen LogP contribution in [-0.4, -0.2) is 40.1 Å². The summed E-state index contributed by atoms with van der Waals surface area (Å²) in [4.78, 5) is 27.6. The van der Waals surface area contributed by atoms with Gasteiger partial charge >= 0.3 is 0 Å². The van der Waals surface area contributed by atoms with Crippen LogP contribution < -0.4 is 11.1 Å². The number of likely N-dealkylation sites (N-methyl/N-ethyl adjacent to an activating group) is 1. The van der Waals surface area contributed by atoms with Crippen molar-refractivity contribution in [3.8, 4) is 0 Å². The Morgan fingerprint density at radius 3 is 2.85 bits per heavy atom. The topological polar surface area (TPSA) is 93.2 Å². The normalized spacial score (nSPS) is 16.4. The van der Waals surface area contributed by atoms with Gasteiger partial charge in [-0.3, -0.25) is 19.2 Å². The number of thiophene rings is 1. The predicted molar refractivity (Wildman–Crippen MR) is 107 cm³/mol. The highest BCUT2D eigenvalue weighted by molar-refractivity contribution is 7.17. The summed E-state index contributed by atoms with van der Waals surface area (Å²) in [6, 6.07) is 0. The fraction of sp³-hybridized carbons (Fsp3) is 0.526. The minimum atomic E-state index is -0.461. The molecule has 8 heteroatoms. The number of carbonyl (C=O) groups excluding carboxylic acids is 2. The average molecular weight is 390 g/mol. The number of fused-ring (bicyclic) bond motifs is 1. The van der Waals surface area contributed by atoms with Gasteiger partial charge in [-0.2, -0.15) is 5.10 Å². The first-order chi connectivity index (χ1) is 12.8. The zero-order valence-electron chi connectivity index (χ0n) is 16.3. The molecule has 0 spiro atoms. The first-order valence-electron chi connectivity index (χ1n) is 9.16. The summed E-state index contributed by atoms with van der Waals surface area (Å²) in [5.74, 6) is -0.0147. The molecule has 146 valence electrons. The molecule has 27 heavy (non-hydrogen) atoms. The maximum atomic E-state index is 12.5. The van der Waals surface area contributed by atoms with Gasteiger partial charge in [0.05, 0.1) is 18.3 Å². The highest BCUT2D eigenvalue weighted by atomic mass is 32.1. The average Bonchev–Trinajstić information content (AvgIpc) is 3.08. The number of amides is 2. The number of aryl methyl sites for hydroxylation is 1. The molecule has 2 aromatic rings. The van der Waals surface area contributed by atoms with Crippen LogP contribution in [0, 0.1) is 12.8 Å². The molecule has 1 aliphatic carbocycles. The van der Waals surface area contributed by atoms with E-state index in [9.17, 15) is 9.59 Å². The number of nitrogens with zero attached hydrogens (tertiary/aromatic N) is 3. The second kappa shape index (κ2) is 7.82. The predicted octanol–water partition coefficient (Wildman–Crippen LogP) is 2.08. The van der Waals surface area contributed by atoms with Crippen LogP contribution in [-0.2, 0) is 31.2 Å². The molecular weight excluding hydrogens is 362 g/mol. The Balaban J connectivity index is 1.68. The Morgan fingerprint density at radius 1 is 1.48 bits per heavy atom. The fourth-order valence-electron chi connectivity index (χ4n) is 3.56. The molecule has 0 saturated carbocycles. The van der Waals surface area contributed by atoms with Crippen molar-refractivity contribution >= 4 is 28.2 Å². The number of carbonyl (C=O) groups is 2. The second-order valence-corrected chi connectivity index (χ2v) is 8.62. The van der Waals surface area contributed by atoms with Crippen molar-refractivity contribution in [3.63, 3.8) is 0 Å². The highest BCUT2D eigenvalue weighted by Gasteiger charge is 2.27. The van der Waals surface area contributed by atoms with Gasteiger partial charge in [0.1, 0.15) is 5.00 Å². The first-order valence-corrected chi connectivity index (χ1v) is 9.98. The van der Waals surface area contributed by atoms with Crippen molar-refractivity contribution in [2.24, 2.45) is 18.7 Å². The number of nitrogens with one attached hydrogen (secondary N) is 1. The summed E-state index contributed by atoms with van der Waals surface area (Å²) < 4.78 is 1.82. The van der Waals surface area contributed by atoms with E-state index >= 15 is 0 Å². The molecule has 0 unspecified atom stereocenters. The Morgan fingerprint density at radius 2 is 2.22 bits per heavy atom. The van der Waals surface area contributed by atoms with Crippen molar-refractivity contribution < 1.29 is 9.59 Å². The summed E-state index contributed by atoms with van der Waals surface area (Å²) >= 11 is 1.49. The molecule has 1 aliphatic rings. The molecule has 7 nitrogen and oxygen atoms in total. The van der Waals surface area contributed by atoms with Crippen molar-refractivity contribution in [1.82, 2.24) is 14.7 Å².